The second-order valence-corrected chi connectivity index (χ2v) is 4.06. The molecule has 0 aliphatic carbocycles. The number of aromatic nitrogens is 2. The molecule has 1 aromatic heterocycles. The lowest BCUT2D eigenvalue weighted by Crippen LogP contribution is -2.40. The van der Waals surface area contributed by atoms with Gasteiger partial charge in [-0.2, -0.15) is 0 Å². The molecule has 1 heterocycles. The van der Waals surface area contributed by atoms with Crippen molar-refractivity contribution in [1.29, 1.82) is 0 Å². The number of aromatic amines is 1. The Balaban J connectivity index is 2.30. The van der Waals surface area contributed by atoms with E-state index in [-0.39, 0.29) is 5.91 Å². The second-order valence-electron chi connectivity index (χ2n) is 4.06. The summed E-state index contributed by atoms with van der Waals surface area (Å²) in [4.78, 5) is 31.1. The van der Waals surface area contributed by atoms with Crippen LogP contribution in [0.15, 0.2) is 24.5 Å². The van der Waals surface area contributed by atoms with Crippen LogP contribution in [-0.2, 0) is 4.79 Å². The summed E-state index contributed by atoms with van der Waals surface area (Å²) in [5, 5.41) is 8.88. The number of amides is 1. The van der Waals surface area contributed by atoms with Crippen molar-refractivity contribution >= 4 is 22.9 Å². The van der Waals surface area contributed by atoms with Crippen LogP contribution in [0.4, 0.5) is 0 Å². The fourth-order valence-electron chi connectivity index (χ4n) is 1.61. The van der Waals surface area contributed by atoms with E-state index in [1.54, 1.807) is 24.5 Å². The summed E-state index contributed by atoms with van der Waals surface area (Å²) in [7, 11) is 1.47. The van der Waals surface area contributed by atoms with E-state index in [1.807, 2.05) is 0 Å². The maximum atomic E-state index is 12.1. The number of hydrogen-bond acceptors (Lipinski definition) is 3. The summed E-state index contributed by atoms with van der Waals surface area (Å²) in [6.45, 7) is 1.47. The van der Waals surface area contributed by atoms with Crippen LogP contribution in [0.1, 0.15) is 17.3 Å². The number of carbonyl (C=O) groups is 2. The number of imidazole rings is 1. The zero-order valence-electron chi connectivity index (χ0n) is 10.0. The number of aliphatic carboxylic acids is 1. The minimum Gasteiger partial charge on any atom is -0.480 e. The van der Waals surface area contributed by atoms with Gasteiger partial charge in [0.05, 0.1) is 17.4 Å². The van der Waals surface area contributed by atoms with E-state index < -0.39 is 12.0 Å². The van der Waals surface area contributed by atoms with Crippen molar-refractivity contribution in [2.45, 2.75) is 13.0 Å². The normalized spacial score (nSPS) is 12.3. The Morgan fingerprint density at radius 2 is 2.17 bits per heavy atom. The third-order valence-electron chi connectivity index (χ3n) is 2.93. The van der Waals surface area contributed by atoms with Crippen LogP contribution in [0.5, 0.6) is 0 Å². The minimum absolute atomic E-state index is 0.332. The lowest BCUT2D eigenvalue weighted by Gasteiger charge is -2.21. The van der Waals surface area contributed by atoms with Crippen LogP contribution < -0.4 is 0 Å². The summed E-state index contributed by atoms with van der Waals surface area (Å²) in [5.41, 5.74) is 1.94. The molecule has 0 saturated carbocycles. The van der Waals surface area contributed by atoms with Crippen LogP contribution in [0.25, 0.3) is 11.0 Å². The standard InChI is InChI=1S/C12H13N3O3/c1-7(12(17)18)15(2)11(16)8-3-4-9-10(5-8)14-6-13-9/h3-7H,1-2H3,(H,13,14)(H,17,18). The Kier molecular flexibility index (Phi) is 3.01. The van der Waals surface area contributed by atoms with Crippen LogP contribution in [0, 0.1) is 0 Å². The van der Waals surface area contributed by atoms with Gasteiger partial charge in [-0.25, -0.2) is 9.78 Å². The van der Waals surface area contributed by atoms with Crippen molar-refractivity contribution in [1.82, 2.24) is 14.9 Å². The highest BCUT2D eigenvalue weighted by atomic mass is 16.4. The van der Waals surface area contributed by atoms with Gasteiger partial charge in [0.1, 0.15) is 6.04 Å². The van der Waals surface area contributed by atoms with Crippen molar-refractivity contribution in [3.63, 3.8) is 0 Å². The molecule has 1 atom stereocenters. The van der Waals surface area contributed by atoms with Crippen molar-refractivity contribution in [3.05, 3.63) is 30.1 Å². The number of carbonyl (C=O) groups excluding carboxylic acids is 1. The molecule has 0 aliphatic rings. The third-order valence-corrected chi connectivity index (χ3v) is 2.93. The average Bonchev–Trinajstić information content (AvgIpc) is 2.82. The van der Waals surface area contributed by atoms with E-state index in [0.29, 0.717) is 5.56 Å². The molecule has 1 amide bonds. The van der Waals surface area contributed by atoms with E-state index >= 15 is 0 Å². The number of hydrogen-bond donors (Lipinski definition) is 2. The summed E-state index contributed by atoms with van der Waals surface area (Å²) in [5.74, 6) is -1.37. The van der Waals surface area contributed by atoms with Gasteiger partial charge >= 0.3 is 5.97 Å². The molecule has 18 heavy (non-hydrogen) atoms. The highest BCUT2D eigenvalue weighted by Crippen LogP contribution is 2.14. The number of H-pyrrole nitrogens is 1. The molecule has 2 N–H and O–H groups in total. The molecular weight excluding hydrogens is 234 g/mol. The Morgan fingerprint density at radius 3 is 2.83 bits per heavy atom. The first-order valence-electron chi connectivity index (χ1n) is 5.44. The first kappa shape index (κ1) is 12.1. The zero-order valence-corrected chi connectivity index (χ0v) is 10.0. The molecule has 1 unspecified atom stereocenters. The molecular formula is C12H13N3O3. The van der Waals surface area contributed by atoms with Gasteiger partial charge in [0.25, 0.3) is 5.91 Å². The van der Waals surface area contributed by atoms with E-state index in [1.165, 1.54) is 18.9 Å². The SMILES string of the molecule is CC(C(=O)O)N(C)C(=O)c1ccc2nc[nH]c2c1. The second kappa shape index (κ2) is 4.48. The first-order chi connectivity index (χ1) is 8.50. The Bertz CT molecular complexity index is 605. The van der Waals surface area contributed by atoms with Gasteiger partial charge < -0.3 is 15.0 Å². The monoisotopic (exact) mass is 247 g/mol. The molecule has 0 saturated heterocycles. The molecule has 0 fully saturated rings. The summed E-state index contributed by atoms with van der Waals surface area (Å²) < 4.78 is 0. The molecule has 1 aromatic carbocycles. The number of nitrogens with zero attached hydrogens (tertiary/aromatic N) is 2. The van der Waals surface area contributed by atoms with Gasteiger partial charge in [-0.05, 0) is 25.1 Å². The molecule has 6 nitrogen and oxygen atoms in total. The number of rotatable bonds is 3. The largest absolute Gasteiger partial charge is 0.480 e. The number of fused-ring (bicyclic) bond motifs is 1. The van der Waals surface area contributed by atoms with Crippen molar-refractivity contribution in [2.75, 3.05) is 7.05 Å². The first-order valence-corrected chi connectivity index (χ1v) is 5.44. The highest BCUT2D eigenvalue weighted by molar-refractivity contribution is 5.98. The Labute approximate surface area is 103 Å². The molecule has 2 aromatic rings. The zero-order chi connectivity index (χ0) is 13.3. The predicted octanol–water partition coefficient (Wildman–Crippen LogP) is 1.11. The van der Waals surface area contributed by atoms with Gasteiger partial charge in [-0.15, -0.1) is 0 Å². The van der Waals surface area contributed by atoms with E-state index in [4.69, 9.17) is 5.11 Å². The number of carboxylic acid groups (broad SMARTS) is 1. The van der Waals surface area contributed by atoms with Crippen LogP contribution in [0.3, 0.4) is 0 Å². The maximum absolute atomic E-state index is 12.1. The Morgan fingerprint density at radius 1 is 1.44 bits per heavy atom. The van der Waals surface area contributed by atoms with Gasteiger partial charge in [0.2, 0.25) is 0 Å². The summed E-state index contributed by atoms with van der Waals surface area (Å²) in [6.07, 6.45) is 1.54. The maximum Gasteiger partial charge on any atom is 0.326 e. The van der Waals surface area contributed by atoms with Gasteiger partial charge in [0.15, 0.2) is 0 Å². The predicted molar refractivity (Wildman–Crippen MR) is 65.3 cm³/mol. The van der Waals surface area contributed by atoms with Crippen molar-refractivity contribution in [2.24, 2.45) is 0 Å². The van der Waals surface area contributed by atoms with E-state index in [2.05, 4.69) is 9.97 Å². The quantitative estimate of drug-likeness (QED) is 0.850. The average molecular weight is 247 g/mol. The summed E-state index contributed by atoms with van der Waals surface area (Å²) in [6, 6.07) is 4.15. The van der Waals surface area contributed by atoms with E-state index in [9.17, 15) is 9.59 Å². The molecule has 6 heteroatoms. The Hall–Kier alpha value is -2.37. The topological polar surface area (TPSA) is 86.3 Å². The highest BCUT2D eigenvalue weighted by Gasteiger charge is 2.22. The van der Waals surface area contributed by atoms with E-state index in [0.717, 1.165) is 11.0 Å². The van der Waals surface area contributed by atoms with Crippen LogP contribution >= 0.6 is 0 Å². The minimum atomic E-state index is -1.03. The number of nitrogens with one attached hydrogen (secondary N) is 1. The fourth-order valence-corrected chi connectivity index (χ4v) is 1.61. The summed E-state index contributed by atoms with van der Waals surface area (Å²) >= 11 is 0. The van der Waals surface area contributed by atoms with Gasteiger partial charge in [-0.1, -0.05) is 0 Å². The number of benzene rings is 1. The molecule has 0 spiro atoms. The fraction of sp³-hybridized carbons (Fsp3) is 0.250. The third kappa shape index (κ3) is 2.04. The molecule has 0 radical (unpaired) electrons. The number of carboxylic acids is 1. The molecule has 94 valence electrons. The van der Waals surface area contributed by atoms with Crippen molar-refractivity contribution in [3.8, 4) is 0 Å². The lowest BCUT2D eigenvalue weighted by molar-refractivity contribution is -0.141. The lowest BCUT2D eigenvalue weighted by atomic mass is 10.1. The van der Waals surface area contributed by atoms with Gasteiger partial charge in [-0.3, -0.25) is 4.79 Å². The molecule has 0 bridgehead atoms. The smallest absolute Gasteiger partial charge is 0.326 e. The van der Waals surface area contributed by atoms with Crippen molar-refractivity contribution < 1.29 is 14.7 Å². The van der Waals surface area contributed by atoms with Gasteiger partial charge in [0, 0.05) is 12.6 Å². The molecule has 2 rings (SSSR count). The number of likely N-dealkylation sites (N-methyl/N-ethyl adjacent to an activating group) is 1. The van der Waals surface area contributed by atoms with Crippen LogP contribution in [0.2, 0.25) is 0 Å². The van der Waals surface area contributed by atoms with Crippen LogP contribution in [-0.4, -0.2) is 44.9 Å². The molecule has 0 aliphatic heterocycles.